The highest BCUT2D eigenvalue weighted by molar-refractivity contribution is 7.46. The molecule has 0 aromatic carbocycles. The number of amides is 1. The number of likely N-dealkylation sites (N-methyl/N-ethyl adjacent to an activating group) is 1. The summed E-state index contributed by atoms with van der Waals surface area (Å²) >= 11 is 0. The van der Waals surface area contributed by atoms with E-state index in [1.165, 1.54) is 14.0 Å². The van der Waals surface area contributed by atoms with Gasteiger partial charge in [0.25, 0.3) is 0 Å². The molecule has 0 saturated carbocycles. The van der Waals surface area contributed by atoms with Gasteiger partial charge in [-0.05, 0) is 6.92 Å². The van der Waals surface area contributed by atoms with Gasteiger partial charge < -0.3 is 9.84 Å². The maximum absolute atomic E-state index is 11.1. The normalized spacial score (nSPS) is 13.2. The van der Waals surface area contributed by atoms with Crippen LogP contribution in [0.3, 0.4) is 0 Å². The zero-order valence-corrected chi connectivity index (χ0v) is 9.17. The number of phosphoric acid groups is 1. The largest absolute Gasteiger partial charge is 0.524 e. The van der Waals surface area contributed by atoms with E-state index in [-0.39, 0.29) is 17.8 Å². The average Bonchev–Trinajstić information content (AvgIpc) is 2.10. The molecule has 1 amide bonds. The standard InChI is InChI=1S/C7H14NO5P/c1-4-6(13-14(10,11)12)5(2)7(9)8-3/h4H2,1-3H3,(H,8,9)(H2,10,11,12). The highest BCUT2D eigenvalue weighted by Crippen LogP contribution is 2.40. The number of hydrogen-bond donors (Lipinski definition) is 3. The molecular formula is C7H14NO5P. The number of carbonyl (C=O) groups is 1. The fraction of sp³-hybridized carbons (Fsp3) is 0.571. The Balaban J connectivity index is 4.86. The molecule has 0 atom stereocenters. The van der Waals surface area contributed by atoms with Crippen molar-refractivity contribution in [2.45, 2.75) is 20.3 Å². The van der Waals surface area contributed by atoms with Crippen molar-refractivity contribution < 1.29 is 23.7 Å². The van der Waals surface area contributed by atoms with Crippen molar-refractivity contribution >= 4 is 13.7 Å². The zero-order valence-electron chi connectivity index (χ0n) is 8.27. The smallest absolute Gasteiger partial charge is 0.408 e. The summed E-state index contributed by atoms with van der Waals surface area (Å²) in [5, 5.41) is 2.34. The van der Waals surface area contributed by atoms with Crippen LogP contribution < -0.4 is 5.32 Å². The number of hydrogen-bond acceptors (Lipinski definition) is 3. The highest BCUT2D eigenvalue weighted by Gasteiger charge is 2.20. The molecule has 0 aliphatic carbocycles. The first-order valence-electron chi connectivity index (χ1n) is 3.98. The van der Waals surface area contributed by atoms with Gasteiger partial charge in [-0.15, -0.1) is 0 Å². The van der Waals surface area contributed by atoms with Crippen LogP contribution in [-0.4, -0.2) is 22.7 Å². The van der Waals surface area contributed by atoms with Crippen molar-refractivity contribution in [2.24, 2.45) is 0 Å². The Morgan fingerprint density at radius 1 is 1.50 bits per heavy atom. The molecule has 7 heteroatoms. The number of nitrogens with one attached hydrogen (secondary N) is 1. The molecule has 0 heterocycles. The lowest BCUT2D eigenvalue weighted by molar-refractivity contribution is -0.117. The molecule has 0 bridgehead atoms. The van der Waals surface area contributed by atoms with Crippen molar-refractivity contribution in [3.05, 3.63) is 11.3 Å². The summed E-state index contributed by atoms with van der Waals surface area (Å²) in [6.45, 7) is 3.07. The second kappa shape index (κ2) is 5.14. The summed E-state index contributed by atoms with van der Waals surface area (Å²) in [6.07, 6.45) is 0.240. The van der Waals surface area contributed by atoms with Crippen LogP contribution in [0.4, 0.5) is 0 Å². The summed E-state index contributed by atoms with van der Waals surface area (Å²) in [4.78, 5) is 28.2. The summed E-state index contributed by atoms with van der Waals surface area (Å²) < 4.78 is 14.9. The molecule has 0 fully saturated rings. The van der Waals surface area contributed by atoms with Crippen LogP contribution in [0.1, 0.15) is 20.3 Å². The Bertz CT molecular complexity index is 292. The van der Waals surface area contributed by atoms with E-state index in [2.05, 4.69) is 9.84 Å². The van der Waals surface area contributed by atoms with Gasteiger partial charge >= 0.3 is 7.82 Å². The molecule has 14 heavy (non-hydrogen) atoms. The van der Waals surface area contributed by atoms with Gasteiger partial charge in [0, 0.05) is 13.5 Å². The van der Waals surface area contributed by atoms with Gasteiger partial charge in [-0.3, -0.25) is 14.6 Å². The molecule has 0 aliphatic rings. The molecule has 0 aromatic rings. The molecule has 0 unspecified atom stereocenters. The average molecular weight is 223 g/mol. The predicted octanol–water partition coefficient (Wildman–Crippen LogP) is 0.526. The third-order valence-electron chi connectivity index (χ3n) is 1.54. The Hall–Kier alpha value is -0.840. The summed E-state index contributed by atoms with van der Waals surface area (Å²) in [7, 11) is -3.15. The summed E-state index contributed by atoms with van der Waals surface area (Å²) in [6, 6.07) is 0. The summed E-state index contributed by atoms with van der Waals surface area (Å²) in [5.41, 5.74) is 0.165. The third kappa shape index (κ3) is 4.41. The van der Waals surface area contributed by atoms with E-state index in [4.69, 9.17) is 9.79 Å². The topological polar surface area (TPSA) is 95.9 Å². The van der Waals surface area contributed by atoms with Crippen LogP contribution in [0.2, 0.25) is 0 Å². The van der Waals surface area contributed by atoms with Gasteiger partial charge in [-0.2, -0.15) is 0 Å². The van der Waals surface area contributed by atoms with E-state index in [1.54, 1.807) is 6.92 Å². The van der Waals surface area contributed by atoms with Crippen LogP contribution in [0.15, 0.2) is 11.3 Å². The van der Waals surface area contributed by atoms with E-state index in [0.717, 1.165) is 0 Å². The van der Waals surface area contributed by atoms with Crippen LogP contribution >= 0.6 is 7.82 Å². The van der Waals surface area contributed by atoms with Crippen LogP contribution in [0.5, 0.6) is 0 Å². The van der Waals surface area contributed by atoms with Crippen molar-refractivity contribution in [3.8, 4) is 0 Å². The van der Waals surface area contributed by atoms with E-state index in [1.807, 2.05) is 0 Å². The molecule has 3 N–H and O–H groups in total. The van der Waals surface area contributed by atoms with E-state index >= 15 is 0 Å². The minimum atomic E-state index is -4.58. The minimum absolute atomic E-state index is 0.00215. The zero-order chi connectivity index (χ0) is 11.4. The minimum Gasteiger partial charge on any atom is -0.408 e. The Morgan fingerprint density at radius 3 is 2.29 bits per heavy atom. The van der Waals surface area contributed by atoms with Crippen LogP contribution in [-0.2, 0) is 13.9 Å². The molecule has 6 nitrogen and oxygen atoms in total. The number of rotatable bonds is 4. The van der Waals surface area contributed by atoms with Gasteiger partial charge in [0.2, 0.25) is 5.91 Å². The molecular weight excluding hydrogens is 209 g/mol. The van der Waals surface area contributed by atoms with Crippen molar-refractivity contribution in [1.82, 2.24) is 5.32 Å². The second-order valence-electron chi connectivity index (χ2n) is 2.56. The Labute approximate surface area is 82.2 Å². The Morgan fingerprint density at radius 2 is 2.00 bits per heavy atom. The van der Waals surface area contributed by atoms with Crippen LogP contribution in [0, 0.1) is 0 Å². The molecule has 0 saturated heterocycles. The third-order valence-corrected chi connectivity index (χ3v) is 1.99. The fourth-order valence-electron chi connectivity index (χ4n) is 0.856. The quantitative estimate of drug-likeness (QED) is 0.367. The van der Waals surface area contributed by atoms with Gasteiger partial charge in [0.05, 0.1) is 5.57 Å². The first kappa shape index (κ1) is 13.2. The monoisotopic (exact) mass is 223 g/mol. The number of phosphoric ester groups is 1. The SMILES string of the molecule is CCC(OP(=O)(O)O)=C(C)C(=O)NC. The first-order chi connectivity index (χ1) is 6.31. The predicted molar refractivity (Wildman–Crippen MR) is 50.2 cm³/mol. The molecule has 0 radical (unpaired) electrons. The van der Waals surface area contributed by atoms with E-state index < -0.39 is 13.7 Å². The van der Waals surface area contributed by atoms with Crippen molar-refractivity contribution in [1.29, 1.82) is 0 Å². The fourth-order valence-corrected chi connectivity index (χ4v) is 1.41. The summed E-state index contributed by atoms with van der Waals surface area (Å²) in [5.74, 6) is -0.423. The molecule has 82 valence electrons. The number of allylic oxidation sites excluding steroid dienone is 1. The maximum Gasteiger partial charge on any atom is 0.524 e. The molecule has 0 aliphatic heterocycles. The van der Waals surface area contributed by atoms with Crippen molar-refractivity contribution in [3.63, 3.8) is 0 Å². The van der Waals surface area contributed by atoms with Gasteiger partial charge in [-0.25, -0.2) is 4.57 Å². The molecule has 0 rings (SSSR count). The van der Waals surface area contributed by atoms with Crippen LogP contribution in [0.25, 0.3) is 0 Å². The second-order valence-corrected chi connectivity index (χ2v) is 3.73. The lowest BCUT2D eigenvalue weighted by atomic mass is 10.2. The lowest BCUT2D eigenvalue weighted by Gasteiger charge is -2.11. The van der Waals surface area contributed by atoms with Gasteiger partial charge in [0.15, 0.2) is 0 Å². The van der Waals surface area contributed by atoms with E-state index in [9.17, 15) is 9.36 Å². The van der Waals surface area contributed by atoms with E-state index in [0.29, 0.717) is 0 Å². The number of carbonyl (C=O) groups excluding carboxylic acids is 1. The lowest BCUT2D eigenvalue weighted by Crippen LogP contribution is -2.20. The molecule has 0 aromatic heterocycles. The Kier molecular flexibility index (Phi) is 4.83. The van der Waals surface area contributed by atoms with Gasteiger partial charge in [-0.1, -0.05) is 6.92 Å². The maximum atomic E-state index is 11.1. The molecule has 0 spiro atoms. The van der Waals surface area contributed by atoms with Gasteiger partial charge in [0.1, 0.15) is 5.76 Å². The van der Waals surface area contributed by atoms with Crippen molar-refractivity contribution in [2.75, 3.05) is 7.05 Å². The highest BCUT2D eigenvalue weighted by atomic mass is 31.2. The first-order valence-corrected chi connectivity index (χ1v) is 5.51.